The Morgan fingerprint density at radius 1 is 1.03 bits per heavy atom. The van der Waals surface area contributed by atoms with Crippen LogP contribution in [0.4, 0.5) is 0 Å². The molecule has 0 bridgehead atoms. The van der Waals surface area contributed by atoms with E-state index >= 15 is 0 Å². The van der Waals surface area contributed by atoms with Gasteiger partial charge in [0, 0.05) is 26.0 Å². The molecule has 1 fully saturated rings. The van der Waals surface area contributed by atoms with Crippen LogP contribution < -0.4 is 10.1 Å². The first-order chi connectivity index (χ1) is 15.6. The molecule has 5 nitrogen and oxygen atoms in total. The third-order valence-electron chi connectivity index (χ3n) is 6.55. The number of pyridine rings is 1. The molecular weight excluding hydrogens is 398 g/mol. The van der Waals surface area contributed by atoms with Crippen molar-refractivity contribution in [2.75, 3.05) is 27.2 Å². The third kappa shape index (κ3) is 5.00. The predicted octanol–water partition coefficient (Wildman–Crippen LogP) is 4.33. The van der Waals surface area contributed by atoms with Gasteiger partial charge in [0.25, 0.3) is 0 Å². The monoisotopic (exact) mass is 429 g/mol. The van der Waals surface area contributed by atoms with Crippen molar-refractivity contribution < 1.29 is 9.53 Å². The number of hydrogen-bond donors (Lipinski definition) is 1. The fraction of sp³-hybridized carbons (Fsp3) is 0.333. The van der Waals surface area contributed by atoms with Gasteiger partial charge in [0.15, 0.2) is 0 Å². The lowest BCUT2D eigenvalue weighted by Crippen LogP contribution is -2.49. The second kappa shape index (κ2) is 9.96. The minimum Gasteiger partial charge on any atom is -0.497 e. The van der Waals surface area contributed by atoms with E-state index in [0.717, 1.165) is 55.8 Å². The van der Waals surface area contributed by atoms with Crippen LogP contribution in [-0.4, -0.2) is 43.0 Å². The minimum absolute atomic E-state index is 0.148. The number of amides is 1. The van der Waals surface area contributed by atoms with E-state index in [1.54, 1.807) is 20.4 Å². The van der Waals surface area contributed by atoms with Crippen molar-refractivity contribution in [3.05, 3.63) is 84.2 Å². The first-order valence-corrected chi connectivity index (χ1v) is 11.2. The number of benzene rings is 2. The summed E-state index contributed by atoms with van der Waals surface area (Å²) in [5.74, 6) is 1.03. The molecule has 0 spiro atoms. The van der Waals surface area contributed by atoms with Crippen LogP contribution in [0.1, 0.15) is 24.0 Å². The molecular formula is C27H31N3O2. The van der Waals surface area contributed by atoms with Crippen LogP contribution in [0, 0.1) is 5.41 Å². The number of ether oxygens (including phenoxy) is 1. The molecule has 1 saturated heterocycles. The summed E-state index contributed by atoms with van der Waals surface area (Å²) in [6.45, 7) is 2.68. The standard InChI is InChI=1S/C27H31N3O2/c1-28-26(31)27(18-21-8-10-23(11-9-21)24-6-4-14-29-19-24)12-15-30(16-13-27)20-22-5-3-7-25(17-22)32-2/h3-11,14,17,19H,12-13,15-16,18,20H2,1-2H3,(H,28,31). The van der Waals surface area contributed by atoms with Crippen molar-refractivity contribution in [1.82, 2.24) is 15.2 Å². The normalized spacial score (nSPS) is 15.8. The summed E-state index contributed by atoms with van der Waals surface area (Å²) >= 11 is 0. The van der Waals surface area contributed by atoms with Crippen molar-refractivity contribution in [1.29, 1.82) is 0 Å². The van der Waals surface area contributed by atoms with Crippen molar-refractivity contribution in [2.24, 2.45) is 5.41 Å². The zero-order valence-electron chi connectivity index (χ0n) is 18.9. The first-order valence-electron chi connectivity index (χ1n) is 11.2. The number of nitrogens with one attached hydrogen (secondary N) is 1. The van der Waals surface area contributed by atoms with Crippen LogP contribution in [0.25, 0.3) is 11.1 Å². The van der Waals surface area contributed by atoms with Gasteiger partial charge in [0.05, 0.1) is 12.5 Å². The van der Waals surface area contributed by atoms with Crippen LogP contribution in [0.2, 0.25) is 0 Å². The SMILES string of the molecule is CNC(=O)C1(Cc2ccc(-c3cccnc3)cc2)CCN(Cc2cccc(OC)c2)CC1. The smallest absolute Gasteiger partial charge is 0.226 e. The summed E-state index contributed by atoms with van der Waals surface area (Å²) in [5, 5.41) is 2.93. The van der Waals surface area contributed by atoms with Crippen molar-refractivity contribution >= 4 is 5.91 Å². The zero-order valence-corrected chi connectivity index (χ0v) is 18.9. The van der Waals surface area contributed by atoms with Crippen LogP contribution in [0.3, 0.4) is 0 Å². The van der Waals surface area contributed by atoms with Gasteiger partial charge in [-0.25, -0.2) is 0 Å². The van der Waals surface area contributed by atoms with Crippen LogP contribution in [0.5, 0.6) is 5.75 Å². The molecule has 0 aliphatic carbocycles. The van der Waals surface area contributed by atoms with E-state index in [9.17, 15) is 4.79 Å². The molecule has 166 valence electrons. The fourth-order valence-electron chi connectivity index (χ4n) is 4.66. The quantitative estimate of drug-likeness (QED) is 0.607. The van der Waals surface area contributed by atoms with Gasteiger partial charge in [-0.1, -0.05) is 42.5 Å². The lowest BCUT2D eigenvalue weighted by Gasteiger charge is -2.40. The molecule has 0 saturated carbocycles. The molecule has 1 aromatic heterocycles. The molecule has 4 rings (SSSR count). The Balaban J connectivity index is 1.44. The Hall–Kier alpha value is -3.18. The molecule has 2 heterocycles. The second-order valence-corrected chi connectivity index (χ2v) is 8.60. The fourth-order valence-corrected chi connectivity index (χ4v) is 4.66. The maximum atomic E-state index is 13.0. The number of hydrogen-bond acceptors (Lipinski definition) is 4. The third-order valence-corrected chi connectivity index (χ3v) is 6.55. The van der Waals surface area contributed by atoms with Gasteiger partial charge in [0.2, 0.25) is 5.91 Å². The summed E-state index contributed by atoms with van der Waals surface area (Å²) in [5.41, 5.74) is 4.32. The van der Waals surface area contributed by atoms with Crippen LogP contribution in [0.15, 0.2) is 73.1 Å². The summed E-state index contributed by atoms with van der Waals surface area (Å²) in [4.78, 5) is 19.6. The Labute approximate surface area is 190 Å². The zero-order chi connectivity index (χ0) is 22.4. The van der Waals surface area contributed by atoms with Gasteiger partial charge in [0.1, 0.15) is 5.75 Å². The average molecular weight is 430 g/mol. The van der Waals surface area contributed by atoms with E-state index in [1.807, 2.05) is 24.4 Å². The molecule has 3 aromatic rings. The maximum absolute atomic E-state index is 13.0. The second-order valence-electron chi connectivity index (χ2n) is 8.60. The Morgan fingerprint density at radius 2 is 1.81 bits per heavy atom. The lowest BCUT2D eigenvalue weighted by molar-refractivity contribution is -0.133. The van der Waals surface area contributed by atoms with Gasteiger partial charge in [-0.15, -0.1) is 0 Å². The number of methoxy groups -OCH3 is 1. The van der Waals surface area contributed by atoms with Crippen molar-refractivity contribution in [3.63, 3.8) is 0 Å². The molecule has 0 radical (unpaired) electrons. The highest BCUT2D eigenvalue weighted by molar-refractivity contribution is 5.83. The Kier molecular flexibility index (Phi) is 6.86. The van der Waals surface area contributed by atoms with E-state index in [2.05, 4.69) is 57.7 Å². The highest BCUT2D eigenvalue weighted by Crippen LogP contribution is 2.36. The van der Waals surface area contributed by atoms with Crippen molar-refractivity contribution in [3.8, 4) is 16.9 Å². The molecule has 0 unspecified atom stereocenters. The first kappa shape index (κ1) is 22.0. The van der Waals surface area contributed by atoms with E-state index in [0.29, 0.717) is 0 Å². The van der Waals surface area contributed by atoms with E-state index in [4.69, 9.17) is 4.74 Å². The van der Waals surface area contributed by atoms with Gasteiger partial charge in [-0.05, 0) is 72.8 Å². The molecule has 2 aromatic carbocycles. The van der Waals surface area contributed by atoms with Gasteiger partial charge in [-0.3, -0.25) is 14.7 Å². The Morgan fingerprint density at radius 3 is 2.47 bits per heavy atom. The highest BCUT2D eigenvalue weighted by Gasteiger charge is 2.40. The number of rotatable bonds is 7. The maximum Gasteiger partial charge on any atom is 0.226 e. The molecule has 5 heteroatoms. The van der Waals surface area contributed by atoms with Crippen LogP contribution >= 0.6 is 0 Å². The van der Waals surface area contributed by atoms with Crippen molar-refractivity contribution in [2.45, 2.75) is 25.8 Å². The molecule has 32 heavy (non-hydrogen) atoms. The molecule has 1 aliphatic heterocycles. The van der Waals surface area contributed by atoms with Gasteiger partial charge >= 0.3 is 0 Å². The van der Waals surface area contributed by atoms with E-state index < -0.39 is 0 Å². The molecule has 0 atom stereocenters. The summed E-state index contributed by atoms with van der Waals surface area (Å²) in [7, 11) is 3.44. The topological polar surface area (TPSA) is 54.5 Å². The van der Waals surface area contributed by atoms with E-state index in [1.165, 1.54) is 11.1 Å². The number of carbonyl (C=O) groups excluding carboxylic acids is 1. The number of aromatic nitrogens is 1. The molecule has 1 aliphatic rings. The number of nitrogens with zero attached hydrogens (tertiary/aromatic N) is 2. The van der Waals surface area contributed by atoms with E-state index in [-0.39, 0.29) is 11.3 Å². The van der Waals surface area contributed by atoms with Gasteiger partial charge in [-0.2, -0.15) is 0 Å². The number of piperidine rings is 1. The molecule has 1 N–H and O–H groups in total. The average Bonchev–Trinajstić information content (AvgIpc) is 2.86. The summed E-state index contributed by atoms with van der Waals surface area (Å²) < 4.78 is 5.35. The number of likely N-dealkylation sites (tertiary alicyclic amines) is 1. The highest BCUT2D eigenvalue weighted by atomic mass is 16.5. The largest absolute Gasteiger partial charge is 0.497 e. The summed E-state index contributed by atoms with van der Waals surface area (Å²) in [6, 6.07) is 20.8. The Bertz CT molecular complexity index is 1030. The minimum atomic E-state index is -0.366. The van der Waals surface area contributed by atoms with Gasteiger partial charge < -0.3 is 10.1 Å². The lowest BCUT2D eigenvalue weighted by atomic mass is 9.73. The molecule has 1 amide bonds. The predicted molar refractivity (Wildman–Crippen MR) is 127 cm³/mol. The summed E-state index contributed by atoms with van der Waals surface area (Å²) in [6.07, 6.45) is 6.11. The van der Waals surface area contributed by atoms with Crippen LogP contribution in [-0.2, 0) is 17.8 Å². The number of carbonyl (C=O) groups is 1.